The van der Waals surface area contributed by atoms with E-state index in [2.05, 4.69) is 16.6 Å². The molecule has 0 spiro atoms. The molecule has 1 aromatic rings. The molecule has 0 bridgehead atoms. The zero-order valence-electron chi connectivity index (χ0n) is 16.9. The van der Waals surface area contributed by atoms with Crippen LogP contribution < -0.4 is 4.72 Å². The van der Waals surface area contributed by atoms with Crippen molar-refractivity contribution in [3.63, 3.8) is 0 Å². The van der Waals surface area contributed by atoms with Crippen molar-refractivity contribution in [3.8, 4) is 0 Å². The predicted octanol–water partition coefficient (Wildman–Crippen LogP) is 6.49. The van der Waals surface area contributed by atoms with Gasteiger partial charge < -0.3 is 0 Å². The molecule has 0 aliphatic heterocycles. The minimum atomic E-state index is -3.47. The second kappa shape index (κ2) is 15.3. The zero-order valence-corrected chi connectivity index (χ0v) is 18.5. The van der Waals surface area contributed by atoms with Crippen molar-refractivity contribution in [2.75, 3.05) is 6.54 Å². The second-order valence-electron chi connectivity index (χ2n) is 7.31. The molecule has 1 heterocycles. The van der Waals surface area contributed by atoms with Crippen LogP contribution in [0.3, 0.4) is 0 Å². The van der Waals surface area contributed by atoms with Crippen LogP contribution in [0.25, 0.3) is 0 Å². The van der Waals surface area contributed by atoms with E-state index in [-0.39, 0.29) is 4.90 Å². The maximum Gasteiger partial charge on any atom is 0.242 e. The number of aromatic nitrogens is 1. The van der Waals surface area contributed by atoms with Crippen molar-refractivity contribution in [2.24, 2.45) is 0 Å². The van der Waals surface area contributed by atoms with Gasteiger partial charge in [-0.25, -0.2) is 18.1 Å². The van der Waals surface area contributed by atoms with Gasteiger partial charge in [0, 0.05) is 12.7 Å². The van der Waals surface area contributed by atoms with Crippen LogP contribution in [0.15, 0.2) is 23.2 Å². The Labute approximate surface area is 171 Å². The Kier molecular flexibility index (Phi) is 13.8. The average Bonchev–Trinajstić information content (AvgIpc) is 2.65. The Morgan fingerprint density at radius 2 is 1.30 bits per heavy atom. The van der Waals surface area contributed by atoms with Crippen molar-refractivity contribution in [3.05, 3.63) is 23.5 Å². The third-order valence-corrected chi connectivity index (χ3v) is 6.50. The quantitative estimate of drug-likeness (QED) is 0.233. The minimum Gasteiger partial charge on any atom is -0.243 e. The van der Waals surface area contributed by atoms with Crippen molar-refractivity contribution in [1.29, 1.82) is 0 Å². The first-order valence-corrected chi connectivity index (χ1v) is 12.5. The van der Waals surface area contributed by atoms with Gasteiger partial charge in [-0.15, -0.1) is 0 Å². The highest BCUT2D eigenvalue weighted by atomic mass is 35.5. The van der Waals surface area contributed by atoms with Crippen molar-refractivity contribution in [2.45, 2.75) is 102 Å². The number of unbranched alkanes of at least 4 members (excludes halogenated alkanes) is 13. The summed E-state index contributed by atoms with van der Waals surface area (Å²) < 4.78 is 26.8. The summed E-state index contributed by atoms with van der Waals surface area (Å²) >= 11 is 5.68. The number of sulfonamides is 1. The van der Waals surface area contributed by atoms with Gasteiger partial charge in [0.1, 0.15) is 10.0 Å². The molecule has 27 heavy (non-hydrogen) atoms. The lowest BCUT2D eigenvalue weighted by Crippen LogP contribution is -2.24. The number of hydrogen-bond donors (Lipinski definition) is 1. The van der Waals surface area contributed by atoms with Crippen LogP contribution in [0.4, 0.5) is 0 Å². The number of halogens is 1. The second-order valence-corrected chi connectivity index (χ2v) is 9.46. The highest BCUT2D eigenvalue weighted by molar-refractivity contribution is 7.89. The number of rotatable bonds is 17. The molecular weight excluding hydrogens is 380 g/mol. The van der Waals surface area contributed by atoms with E-state index in [1.807, 2.05) is 0 Å². The van der Waals surface area contributed by atoms with Crippen molar-refractivity contribution >= 4 is 21.6 Å². The lowest BCUT2D eigenvalue weighted by Gasteiger charge is -2.06. The van der Waals surface area contributed by atoms with E-state index >= 15 is 0 Å². The number of nitrogens with one attached hydrogen (secondary N) is 1. The predicted molar refractivity (Wildman–Crippen MR) is 115 cm³/mol. The van der Waals surface area contributed by atoms with E-state index in [1.54, 1.807) is 0 Å². The van der Waals surface area contributed by atoms with Gasteiger partial charge in [0.25, 0.3) is 0 Å². The van der Waals surface area contributed by atoms with Crippen LogP contribution in [-0.4, -0.2) is 19.9 Å². The van der Waals surface area contributed by atoms with Gasteiger partial charge in [-0.05, 0) is 18.6 Å². The summed E-state index contributed by atoms with van der Waals surface area (Å²) in [6.07, 6.45) is 19.4. The van der Waals surface area contributed by atoms with Gasteiger partial charge in [-0.2, -0.15) is 0 Å². The van der Waals surface area contributed by atoms with Crippen LogP contribution in [0.5, 0.6) is 0 Å². The van der Waals surface area contributed by atoms with Crippen LogP contribution in [-0.2, 0) is 10.0 Å². The molecule has 156 valence electrons. The van der Waals surface area contributed by atoms with Gasteiger partial charge in [0.2, 0.25) is 10.0 Å². The minimum absolute atomic E-state index is 0.164. The molecule has 1 aromatic heterocycles. The van der Waals surface area contributed by atoms with Crippen molar-refractivity contribution in [1.82, 2.24) is 9.71 Å². The standard InChI is InChI=1S/C21H37ClN2O2S/c1-2-3-4-5-6-7-8-9-10-11-12-13-14-15-18-24-27(25,26)20-16-17-21(22)23-19-20/h16-17,19,24H,2-15,18H2,1H3. The number of pyridine rings is 1. The SMILES string of the molecule is CCCCCCCCCCCCCCCCNS(=O)(=O)c1ccc(Cl)nc1. The van der Waals surface area contributed by atoms with E-state index in [4.69, 9.17) is 11.6 Å². The van der Waals surface area contributed by atoms with Gasteiger partial charge in [-0.3, -0.25) is 0 Å². The smallest absolute Gasteiger partial charge is 0.242 e. The molecule has 0 saturated carbocycles. The zero-order chi connectivity index (χ0) is 19.8. The molecule has 0 aliphatic carbocycles. The van der Waals surface area contributed by atoms with Gasteiger partial charge >= 0.3 is 0 Å². The molecular formula is C21H37ClN2O2S. The third kappa shape index (κ3) is 12.4. The molecule has 1 rings (SSSR count). The highest BCUT2D eigenvalue weighted by Gasteiger charge is 2.13. The molecule has 6 heteroatoms. The molecule has 0 atom stereocenters. The van der Waals surface area contributed by atoms with E-state index in [1.165, 1.54) is 95.4 Å². The summed E-state index contributed by atoms with van der Waals surface area (Å²) in [5, 5.41) is 0.293. The Bertz CT molecular complexity index is 576. The van der Waals surface area contributed by atoms with Crippen LogP contribution in [0.1, 0.15) is 96.8 Å². The average molecular weight is 417 g/mol. The summed E-state index contributed by atoms with van der Waals surface area (Å²) in [5.74, 6) is 0. The lowest BCUT2D eigenvalue weighted by atomic mass is 10.0. The van der Waals surface area contributed by atoms with Crippen LogP contribution >= 0.6 is 11.6 Å². The summed E-state index contributed by atoms with van der Waals surface area (Å²) in [6, 6.07) is 2.96. The van der Waals surface area contributed by atoms with Crippen molar-refractivity contribution < 1.29 is 8.42 Å². The van der Waals surface area contributed by atoms with Crippen LogP contribution in [0.2, 0.25) is 5.15 Å². The monoisotopic (exact) mass is 416 g/mol. The molecule has 0 aromatic carbocycles. The van der Waals surface area contributed by atoms with E-state index in [9.17, 15) is 8.42 Å². The maximum absolute atomic E-state index is 12.1. The fourth-order valence-electron chi connectivity index (χ4n) is 3.13. The van der Waals surface area contributed by atoms with Gasteiger partial charge in [0.05, 0.1) is 0 Å². The van der Waals surface area contributed by atoms with E-state index < -0.39 is 10.0 Å². The summed E-state index contributed by atoms with van der Waals surface area (Å²) in [5.41, 5.74) is 0. The first kappa shape index (κ1) is 24.4. The topological polar surface area (TPSA) is 59.1 Å². The molecule has 0 fully saturated rings. The fraction of sp³-hybridized carbons (Fsp3) is 0.762. The molecule has 0 unspecified atom stereocenters. The van der Waals surface area contributed by atoms with E-state index in [0.29, 0.717) is 11.7 Å². The summed E-state index contributed by atoms with van der Waals surface area (Å²) in [6.45, 7) is 2.74. The van der Waals surface area contributed by atoms with Crippen LogP contribution in [0, 0.1) is 0 Å². The molecule has 0 radical (unpaired) electrons. The molecule has 0 saturated heterocycles. The first-order valence-electron chi connectivity index (χ1n) is 10.7. The Hall–Kier alpha value is -0.650. The molecule has 0 amide bonds. The third-order valence-electron chi connectivity index (χ3n) is 4.83. The molecule has 1 N–H and O–H groups in total. The maximum atomic E-state index is 12.1. The number of hydrogen-bond acceptors (Lipinski definition) is 3. The Morgan fingerprint density at radius 1 is 0.815 bits per heavy atom. The van der Waals surface area contributed by atoms with Gasteiger partial charge in [-0.1, -0.05) is 102 Å². The lowest BCUT2D eigenvalue weighted by molar-refractivity contribution is 0.533. The van der Waals surface area contributed by atoms with Gasteiger partial charge in [0.15, 0.2) is 0 Å². The number of nitrogens with zero attached hydrogens (tertiary/aromatic N) is 1. The molecule has 4 nitrogen and oxygen atoms in total. The largest absolute Gasteiger partial charge is 0.243 e. The summed E-state index contributed by atoms with van der Waals surface area (Å²) in [4.78, 5) is 3.98. The summed E-state index contributed by atoms with van der Waals surface area (Å²) in [7, 11) is -3.47. The first-order chi connectivity index (χ1) is 13.1. The normalized spacial score (nSPS) is 11.8. The highest BCUT2D eigenvalue weighted by Crippen LogP contribution is 2.13. The Balaban J connectivity index is 1.91. The Morgan fingerprint density at radius 3 is 1.74 bits per heavy atom. The van der Waals surface area contributed by atoms with E-state index in [0.717, 1.165) is 12.8 Å². The molecule has 0 aliphatic rings. The fourth-order valence-corrected chi connectivity index (χ4v) is 4.26.